The molecule has 0 spiro atoms. The monoisotopic (exact) mass is 654 g/mol. The maximum atomic E-state index is 15.3. The number of likely N-dealkylation sites (N-methyl/N-ethyl adjacent to an activating group) is 1. The lowest BCUT2D eigenvalue weighted by Crippen LogP contribution is -2.59. The minimum absolute atomic E-state index is 0.0854. The zero-order valence-electron chi connectivity index (χ0n) is 26.3. The van der Waals surface area contributed by atoms with Gasteiger partial charge in [-0.25, -0.2) is 12.7 Å². The van der Waals surface area contributed by atoms with E-state index in [2.05, 4.69) is 5.32 Å². The molecule has 1 saturated heterocycles. The maximum absolute atomic E-state index is 15.3. The summed E-state index contributed by atoms with van der Waals surface area (Å²) in [5.41, 5.74) is 0.124. The van der Waals surface area contributed by atoms with Crippen molar-refractivity contribution in [2.75, 3.05) is 39.2 Å². The van der Waals surface area contributed by atoms with Gasteiger partial charge in [0.05, 0.1) is 30.8 Å². The molecule has 0 aliphatic carbocycles. The van der Waals surface area contributed by atoms with Crippen molar-refractivity contribution in [2.45, 2.75) is 55.8 Å². The van der Waals surface area contributed by atoms with Crippen LogP contribution in [0.5, 0.6) is 11.5 Å². The molecule has 3 aromatic rings. The molecule has 2 aliphatic rings. The number of sulfonamides is 1. The predicted molar refractivity (Wildman–Crippen MR) is 173 cm³/mol. The van der Waals surface area contributed by atoms with Gasteiger partial charge in [-0.05, 0) is 66.9 Å². The van der Waals surface area contributed by atoms with Gasteiger partial charge in [0.15, 0.2) is 5.54 Å². The lowest BCUT2D eigenvalue weighted by Gasteiger charge is -2.42. The van der Waals surface area contributed by atoms with Gasteiger partial charge in [-0.15, -0.1) is 0 Å². The van der Waals surface area contributed by atoms with E-state index in [-0.39, 0.29) is 22.5 Å². The highest BCUT2D eigenvalue weighted by molar-refractivity contribution is 7.93. The van der Waals surface area contributed by atoms with Crippen molar-refractivity contribution in [1.82, 2.24) is 15.1 Å². The quantitative estimate of drug-likeness (QED) is 0.343. The zero-order valence-corrected chi connectivity index (χ0v) is 27.9. The summed E-state index contributed by atoms with van der Waals surface area (Å²) in [6.45, 7) is 5.01. The SMILES string of the molecule is COc1ccc(S(=O)(=O)N2C(=O)[C@](c3ccc(CNC(C)C)cc3OC)(N3CCCC3C(=O)N(C)C)c3cc(Cl)ccc32)cc1. The molecule has 0 radical (unpaired) electrons. The van der Waals surface area contributed by atoms with Gasteiger partial charge in [0.25, 0.3) is 15.9 Å². The number of carbonyl (C=O) groups excluding carboxylic acids is 2. The van der Waals surface area contributed by atoms with Crippen molar-refractivity contribution in [2.24, 2.45) is 0 Å². The molecule has 2 aliphatic heterocycles. The van der Waals surface area contributed by atoms with Crippen LogP contribution in [-0.2, 0) is 31.7 Å². The van der Waals surface area contributed by atoms with Crippen molar-refractivity contribution in [1.29, 1.82) is 0 Å². The summed E-state index contributed by atoms with van der Waals surface area (Å²) >= 11 is 6.60. The van der Waals surface area contributed by atoms with Crippen LogP contribution in [0, 0.1) is 0 Å². The summed E-state index contributed by atoms with van der Waals surface area (Å²) < 4.78 is 40.8. The standard InChI is InChI=1S/C33H39ClN4O6S/c1-21(2)35-20-22-9-15-26(30(18-22)44-6)33(37-17-7-8-29(37)31(39)36(3)4)27-19-23(34)10-16-28(27)38(32(33)40)45(41,42)25-13-11-24(43-5)12-14-25/h9-16,18-19,21,29,35H,7-8,17,20H2,1-6H3/t29?,33-/m1/s1. The molecule has 0 saturated carbocycles. The molecule has 0 bridgehead atoms. The third kappa shape index (κ3) is 5.56. The topological polar surface area (TPSA) is 108 Å². The van der Waals surface area contributed by atoms with Crippen LogP contribution in [0.2, 0.25) is 5.02 Å². The number of likely N-dealkylation sites (tertiary alicyclic amines) is 1. The van der Waals surface area contributed by atoms with Gasteiger partial charge in [0.1, 0.15) is 11.5 Å². The fourth-order valence-electron chi connectivity index (χ4n) is 6.32. The van der Waals surface area contributed by atoms with Crippen LogP contribution in [0.15, 0.2) is 65.6 Å². The van der Waals surface area contributed by atoms with Crippen molar-refractivity contribution < 1.29 is 27.5 Å². The Labute approximate surface area is 269 Å². The summed E-state index contributed by atoms with van der Waals surface area (Å²) in [6.07, 6.45) is 1.12. The molecule has 2 heterocycles. The molecule has 1 unspecified atom stereocenters. The number of benzene rings is 3. The average molecular weight is 655 g/mol. The molecule has 2 atom stereocenters. The minimum atomic E-state index is -4.44. The highest BCUT2D eigenvalue weighted by Crippen LogP contribution is 2.55. The van der Waals surface area contributed by atoms with Gasteiger partial charge >= 0.3 is 0 Å². The summed E-state index contributed by atoms with van der Waals surface area (Å²) in [4.78, 5) is 32.2. The van der Waals surface area contributed by atoms with Crippen molar-refractivity contribution in [3.05, 3.63) is 82.4 Å². The first-order valence-corrected chi connectivity index (χ1v) is 16.6. The molecule has 2 amide bonds. The number of hydrogen-bond acceptors (Lipinski definition) is 8. The second-order valence-corrected chi connectivity index (χ2v) is 14.0. The molecule has 45 heavy (non-hydrogen) atoms. The van der Waals surface area contributed by atoms with E-state index in [9.17, 15) is 13.2 Å². The first-order valence-electron chi connectivity index (χ1n) is 14.8. The number of nitrogens with zero attached hydrogens (tertiary/aromatic N) is 3. The fourth-order valence-corrected chi connectivity index (χ4v) is 7.95. The fraction of sp³-hybridized carbons (Fsp3) is 0.394. The smallest absolute Gasteiger partial charge is 0.271 e. The third-order valence-electron chi connectivity index (χ3n) is 8.44. The zero-order chi connectivity index (χ0) is 32.7. The van der Waals surface area contributed by atoms with Gasteiger partial charge < -0.3 is 19.7 Å². The molecule has 12 heteroatoms. The second-order valence-electron chi connectivity index (χ2n) is 11.8. The Morgan fingerprint density at radius 1 is 1.04 bits per heavy atom. The highest BCUT2D eigenvalue weighted by atomic mass is 35.5. The number of ether oxygens (including phenoxy) is 2. The largest absolute Gasteiger partial charge is 0.497 e. The Morgan fingerprint density at radius 3 is 2.38 bits per heavy atom. The molecule has 10 nitrogen and oxygen atoms in total. The molecule has 1 N–H and O–H groups in total. The Morgan fingerprint density at radius 2 is 1.76 bits per heavy atom. The molecular weight excluding hydrogens is 616 g/mol. The number of amides is 2. The highest BCUT2D eigenvalue weighted by Gasteiger charge is 2.63. The number of fused-ring (bicyclic) bond motifs is 1. The van der Waals surface area contributed by atoms with E-state index in [1.54, 1.807) is 38.4 Å². The molecule has 0 aromatic heterocycles. The van der Waals surface area contributed by atoms with E-state index in [4.69, 9.17) is 21.1 Å². The van der Waals surface area contributed by atoms with Gasteiger partial charge in [-0.3, -0.25) is 14.5 Å². The van der Waals surface area contributed by atoms with Crippen molar-refractivity contribution in [3.8, 4) is 11.5 Å². The Balaban J connectivity index is 1.81. The lowest BCUT2D eigenvalue weighted by atomic mass is 9.80. The number of hydrogen-bond donors (Lipinski definition) is 1. The van der Waals surface area contributed by atoms with E-state index in [1.807, 2.05) is 30.9 Å². The summed E-state index contributed by atoms with van der Waals surface area (Å²) in [7, 11) is 1.91. The van der Waals surface area contributed by atoms with Crippen LogP contribution >= 0.6 is 11.6 Å². The summed E-state index contributed by atoms with van der Waals surface area (Å²) in [6, 6.07) is 15.7. The van der Waals surface area contributed by atoms with Gasteiger partial charge in [-0.1, -0.05) is 37.6 Å². The lowest BCUT2D eigenvalue weighted by molar-refractivity contribution is -0.138. The number of halogens is 1. The van der Waals surface area contributed by atoms with Crippen LogP contribution in [-0.4, -0.2) is 77.0 Å². The second kappa shape index (κ2) is 12.6. The van der Waals surface area contributed by atoms with E-state index in [0.29, 0.717) is 53.6 Å². The summed E-state index contributed by atoms with van der Waals surface area (Å²) in [5.74, 6) is -0.0528. The van der Waals surface area contributed by atoms with Crippen LogP contribution in [0.25, 0.3) is 0 Å². The third-order valence-corrected chi connectivity index (χ3v) is 10.4. The molecule has 5 rings (SSSR count). The van der Waals surface area contributed by atoms with Crippen LogP contribution in [0.4, 0.5) is 5.69 Å². The van der Waals surface area contributed by atoms with Crippen LogP contribution < -0.4 is 19.1 Å². The van der Waals surface area contributed by atoms with Gasteiger partial charge in [0.2, 0.25) is 5.91 Å². The van der Waals surface area contributed by atoms with E-state index < -0.39 is 27.5 Å². The van der Waals surface area contributed by atoms with Crippen LogP contribution in [0.3, 0.4) is 0 Å². The normalized spacial score (nSPS) is 20.0. The maximum Gasteiger partial charge on any atom is 0.271 e. The first kappa shape index (κ1) is 32.7. The molecular formula is C33H39ClN4O6S. The van der Waals surface area contributed by atoms with Gasteiger partial charge in [-0.2, -0.15) is 0 Å². The van der Waals surface area contributed by atoms with Crippen LogP contribution in [0.1, 0.15) is 43.4 Å². The van der Waals surface area contributed by atoms with E-state index in [1.165, 1.54) is 43.4 Å². The number of methoxy groups -OCH3 is 2. The minimum Gasteiger partial charge on any atom is -0.497 e. The molecule has 1 fully saturated rings. The summed E-state index contributed by atoms with van der Waals surface area (Å²) in [5, 5.41) is 3.71. The number of nitrogens with one attached hydrogen (secondary N) is 1. The van der Waals surface area contributed by atoms with Gasteiger partial charge in [0, 0.05) is 49.4 Å². The Bertz CT molecular complexity index is 1710. The molecule has 3 aromatic carbocycles. The van der Waals surface area contributed by atoms with Crippen molar-refractivity contribution in [3.63, 3.8) is 0 Å². The van der Waals surface area contributed by atoms with E-state index >= 15 is 4.79 Å². The Kier molecular flexibility index (Phi) is 9.19. The first-order chi connectivity index (χ1) is 21.4. The Hall–Kier alpha value is -3.64. The molecule has 240 valence electrons. The average Bonchev–Trinajstić information content (AvgIpc) is 3.60. The van der Waals surface area contributed by atoms with Crippen molar-refractivity contribution >= 4 is 39.1 Å². The number of rotatable bonds is 10. The van der Waals surface area contributed by atoms with E-state index in [0.717, 1.165) is 9.87 Å². The number of anilines is 1. The predicted octanol–water partition coefficient (Wildman–Crippen LogP) is 4.39. The number of carbonyl (C=O) groups is 2.